The molecule has 0 aliphatic carbocycles. The first-order valence-electron chi connectivity index (χ1n) is 11.5. The Bertz CT molecular complexity index is 944. The lowest BCUT2D eigenvalue weighted by Crippen LogP contribution is -2.53. The zero-order valence-corrected chi connectivity index (χ0v) is 20.2. The normalized spacial score (nSPS) is 19.0. The smallest absolute Gasteiger partial charge is 0.253 e. The molecule has 0 saturated carbocycles. The minimum absolute atomic E-state index is 0.135. The van der Waals surface area contributed by atoms with Crippen LogP contribution in [0.15, 0.2) is 42.5 Å². The number of amides is 1. The molecular weight excluding hydrogens is 441 g/mol. The molecule has 2 fully saturated rings. The Morgan fingerprint density at radius 2 is 1.62 bits per heavy atom. The van der Waals surface area contributed by atoms with E-state index in [4.69, 9.17) is 23.2 Å². The lowest BCUT2D eigenvalue weighted by molar-refractivity contribution is 0.0490. The molecule has 4 rings (SSSR count). The second-order valence-electron chi connectivity index (χ2n) is 8.61. The number of benzene rings is 2. The number of piperidine rings is 1. The number of carbonyl (C=O) groups excluding carboxylic acids is 1. The van der Waals surface area contributed by atoms with Gasteiger partial charge < -0.3 is 9.80 Å². The molecule has 2 aliphatic rings. The van der Waals surface area contributed by atoms with Crippen LogP contribution in [0.4, 0.5) is 0 Å². The second-order valence-corrected chi connectivity index (χ2v) is 9.46. The first-order chi connectivity index (χ1) is 15.5. The topological polar surface area (TPSA) is 26.8 Å². The summed E-state index contributed by atoms with van der Waals surface area (Å²) < 4.78 is 0. The molecule has 0 unspecified atom stereocenters. The molecule has 0 N–H and O–H groups in total. The highest BCUT2D eigenvalue weighted by atomic mass is 35.5. The number of carbonyl (C=O) groups is 1. The number of hydrogen-bond donors (Lipinski definition) is 0. The van der Waals surface area contributed by atoms with Crippen molar-refractivity contribution in [3.8, 4) is 0 Å². The summed E-state index contributed by atoms with van der Waals surface area (Å²) >= 11 is 12.2. The molecule has 2 aliphatic heterocycles. The summed E-state index contributed by atoms with van der Waals surface area (Å²) in [4.78, 5) is 20.1. The van der Waals surface area contributed by atoms with Crippen molar-refractivity contribution < 1.29 is 4.79 Å². The number of rotatable bonds is 5. The Morgan fingerprint density at radius 1 is 0.938 bits per heavy atom. The highest BCUT2D eigenvalue weighted by Crippen LogP contribution is 2.23. The number of likely N-dealkylation sites (N-methyl/N-ethyl adjacent to an activating group) is 1. The van der Waals surface area contributed by atoms with E-state index in [0.717, 1.165) is 62.3 Å². The van der Waals surface area contributed by atoms with Gasteiger partial charge in [-0.15, -0.1) is 0 Å². The predicted molar refractivity (Wildman–Crippen MR) is 134 cm³/mol. The van der Waals surface area contributed by atoms with Crippen molar-refractivity contribution >= 4 is 41.3 Å². The lowest BCUT2D eigenvalue weighted by Gasteiger charge is -2.42. The van der Waals surface area contributed by atoms with E-state index in [1.807, 2.05) is 53.5 Å². The third-order valence-electron chi connectivity index (χ3n) is 6.70. The Labute approximate surface area is 201 Å². The van der Waals surface area contributed by atoms with Crippen LogP contribution in [0.2, 0.25) is 10.0 Å². The molecule has 0 spiro atoms. The fourth-order valence-corrected chi connectivity index (χ4v) is 5.09. The van der Waals surface area contributed by atoms with Crippen molar-refractivity contribution in [3.63, 3.8) is 0 Å². The van der Waals surface area contributed by atoms with Crippen molar-refractivity contribution in [2.75, 3.05) is 45.8 Å². The van der Waals surface area contributed by atoms with Crippen LogP contribution in [0.1, 0.15) is 41.3 Å². The predicted octanol–water partition coefficient (Wildman–Crippen LogP) is 5.41. The summed E-state index contributed by atoms with van der Waals surface area (Å²) in [5.41, 5.74) is 2.69. The van der Waals surface area contributed by atoms with Gasteiger partial charge in [-0.1, -0.05) is 60.5 Å². The van der Waals surface area contributed by atoms with E-state index in [-0.39, 0.29) is 5.91 Å². The molecule has 0 bridgehead atoms. The summed E-state index contributed by atoms with van der Waals surface area (Å²) in [5, 5.41) is 1.24. The highest BCUT2D eigenvalue weighted by molar-refractivity contribution is 6.35. The van der Waals surface area contributed by atoms with Crippen LogP contribution in [-0.2, 0) is 0 Å². The van der Waals surface area contributed by atoms with Gasteiger partial charge in [0.2, 0.25) is 0 Å². The number of likely N-dealkylation sites (tertiary alicyclic amines) is 1. The van der Waals surface area contributed by atoms with E-state index in [1.165, 1.54) is 13.1 Å². The Kier molecular flexibility index (Phi) is 7.90. The maximum Gasteiger partial charge on any atom is 0.253 e. The van der Waals surface area contributed by atoms with Gasteiger partial charge in [0.1, 0.15) is 0 Å². The molecule has 2 saturated heterocycles. The largest absolute Gasteiger partial charge is 0.339 e. The summed E-state index contributed by atoms with van der Waals surface area (Å²) in [6.45, 7) is 9.71. The first kappa shape index (κ1) is 23.3. The van der Waals surface area contributed by atoms with Gasteiger partial charge >= 0.3 is 0 Å². The van der Waals surface area contributed by atoms with Gasteiger partial charge in [0.05, 0.1) is 0 Å². The van der Waals surface area contributed by atoms with Crippen LogP contribution in [0.25, 0.3) is 12.2 Å². The molecule has 1 amide bonds. The molecule has 4 nitrogen and oxygen atoms in total. The van der Waals surface area contributed by atoms with Crippen LogP contribution in [0, 0.1) is 0 Å². The molecule has 2 heterocycles. The highest BCUT2D eigenvalue weighted by Gasteiger charge is 2.29. The van der Waals surface area contributed by atoms with Crippen molar-refractivity contribution in [1.29, 1.82) is 0 Å². The first-order valence-corrected chi connectivity index (χ1v) is 12.3. The average molecular weight is 472 g/mol. The van der Waals surface area contributed by atoms with Crippen molar-refractivity contribution in [2.45, 2.75) is 25.8 Å². The third-order valence-corrected chi connectivity index (χ3v) is 7.26. The van der Waals surface area contributed by atoms with Gasteiger partial charge in [0.15, 0.2) is 0 Å². The van der Waals surface area contributed by atoms with Gasteiger partial charge in [-0.3, -0.25) is 9.69 Å². The number of halogens is 2. The maximum absolute atomic E-state index is 13.0. The average Bonchev–Trinajstić information content (AvgIpc) is 2.83. The molecule has 2 aromatic carbocycles. The zero-order valence-electron chi connectivity index (χ0n) is 18.6. The van der Waals surface area contributed by atoms with E-state index >= 15 is 0 Å². The Morgan fingerprint density at radius 3 is 2.25 bits per heavy atom. The molecule has 6 heteroatoms. The summed E-state index contributed by atoms with van der Waals surface area (Å²) in [5.74, 6) is 0.135. The molecule has 0 atom stereocenters. The van der Waals surface area contributed by atoms with Crippen molar-refractivity contribution in [2.24, 2.45) is 0 Å². The van der Waals surface area contributed by atoms with Crippen molar-refractivity contribution in [1.82, 2.24) is 14.7 Å². The van der Waals surface area contributed by atoms with Crippen molar-refractivity contribution in [3.05, 3.63) is 69.2 Å². The molecule has 0 aromatic heterocycles. The maximum atomic E-state index is 13.0. The summed E-state index contributed by atoms with van der Waals surface area (Å²) in [7, 11) is 0. The van der Waals surface area contributed by atoms with Gasteiger partial charge in [-0.2, -0.15) is 0 Å². The second kappa shape index (κ2) is 10.8. The number of nitrogens with zero attached hydrogens (tertiary/aromatic N) is 3. The monoisotopic (exact) mass is 471 g/mol. The molecule has 0 radical (unpaired) electrons. The van der Waals surface area contributed by atoms with Crippen LogP contribution < -0.4 is 0 Å². The summed E-state index contributed by atoms with van der Waals surface area (Å²) in [6.07, 6.45) is 6.09. The van der Waals surface area contributed by atoms with Crippen LogP contribution in [-0.4, -0.2) is 72.5 Å². The molecule has 170 valence electrons. The number of piperazine rings is 1. The van der Waals surface area contributed by atoms with E-state index in [9.17, 15) is 4.79 Å². The lowest BCUT2D eigenvalue weighted by atomic mass is 10.0. The van der Waals surface area contributed by atoms with E-state index < -0.39 is 0 Å². The minimum Gasteiger partial charge on any atom is -0.339 e. The molecular formula is C26H31Cl2N3O. The van der Waals surface area contributed by atoms with Gasteiger partial charge in [-0.05, 0) is 54.8 Å². The SMILES string of the molecule is CCN1CCN(C2CCN(C(=O)c3ccc(/C=C/c4ccc(Cl)cc4Cl)cc3)CC2)CC1. The Balaban J connectivity index is 1.30. The van der Waals surface area contributed by atoms with E-state index in [2.05, 4.69) is 16.7 Å². The van der Waals surface area contributed by atoms with Gasteiger partial charge in [-0.25, -0.2) is 0 Å². The van der Waals surface area contributed by atoms with Crippen LogP contribution in [0.3, 0.4) is 0 Å². The standard InChI is InChI=1S/C26H31Cl2N3O/c1-2-29-15-17-30(18-16-29)24-11-13-31(14-12-24)26(32)22-7-4-20(5-8-22)3-6-21-9-10-23(27)19-25(21)28/h3-10,19,24H,2,11-18H2,1H3/b6-3+. The molecule has 2 aromatic rings. The quantitative estimate of drug-likeness (QED) is 0.545. The Hall–Kier alpha value is -1.85. The third kappa shape index (κ3) is 5.74. The van der Waals surface area contributed by atoms with Crippen LogP contribution in [0.5, 0.6) is 0 Å². The fraction of sp³-hybridized carbons (Fsp3) is 0.423. The van der Waals surface area contributed by atoms with Gasteiger partial charge in [0, 0.05) is 60.9 Å². The summed E-state index contributed by atoms with van der Waals surface area (Å²) in [6, 6.07) is 13.9. The van der Waals surface area contributed by atoms with Crippen LogP contribution >= 0.6 is 23.2 Å². The number of hydrogen-bond acceptors (Lipinski definition) is 3. The van der Waals surface area contributed by atoms with Gasteiger partial charge in [0.25, 0.3) is 5.91 Å². The van der Waals surface area contributed by atoms with E-state index in [1.54, 1.807) is 6.07 Å². The van der Waals surface area contributed by atoms with E-state index in [0.29, 0.717) is 16.1 Å². The zero-order chi connectivity index (χ0) is 22.5. The molecule has 32 heavy (non-hydrogen) atoms. The minimum atomic E-state index is 0.135. The fourth-order valence-electron chi connectivity index (χ4n) is 4.62.